The average molecular weight is 292 g/mol. The molecule has 2 heterocycles. The molecule has 0 radical (unpaired) electrons. The van der Waals surface area contributed by atoms with E-state index in [2.05, 4.69) is 22.9 Å². The van der Waals surface area contributed by atoms with Crippen molar-refractivity contribution in [1.29, 1.82) is 0 Å². The molecule has 1 aromatic carbocycles. The topological polar surface area (TPSA) is 17.0 Å². The van der Waals surface area contributed by atoms with Gasteiger partial charge in [-0.1, -0.05) is 23.2 Å². The molecular formula is C12H13Cl3N2. The molecule has 0 spiro atoms. The molecule has 1 unspecified atom stereocenters. The molecule has 1 N–H and O–H groups in total. The van der Waals surface area contributed by atoms with Crippen LogP contribution in [-0.4, -0.2) is 11.1 Å². The van der Waals surface area contributed by atoms with Gasteiger partial charge in [-0.3, -0.25) is 0 Å². The Kier molecular flexibility index (Phi) is 3.60. The molecule has 1 aliphatic heterocycles. The van der Waals surface area contributed by atoms with E-state index in [9.17, 15) is 0 Å². The predicted molar refractivity (Wildman–Crippen MR) is 75.6 cm³/mol. The molecule has 0 amide bonds. The minimum Gasteiger partial charge on any atom is -0.339 e. The maximum Gasteiger partial charge on any atom is 0.0515 e. The molecular weight excluding hydrogens is 279 g/mol. The van der Waals surface area contributed by atoms with Crippen LogP contribution in [0.5, 0.6) is 0 Å². The quantitative estimate of drug-likeness (QED) is 0.775. The number of hydrogen-bond acceptors (Lipinski definition) is 1. The highest BCUT2D eigenvalue weighted by Gasteiger charge is 2.19. The first-order valence-corrected chi connectivity index (χ1v) is 6.12. The third-order valence-corrected chi connectivity index (χ3v) is 3.67. The maximum atomic E-state index is 6.21. The van der Waals surface area contributed by atoms with Gasteiger partial charge in [-0.2, -0.15) is 0 Å². The van der Waals surface area contributed by atoms with Crippen LogP contribution in [0.15, 0.2) is 18.2 Å². The number of benzene rings is 1. The monoisotopic (exact) mass is 290 g/mol. The summed E-state index contributed by atoms with van der Waals surface area (Å²) in [5.41, 5.74) is 2.42. The fourth-order valence-corrected chi connectivity index (χ4v) is 3.00. The molecule has 17 heavy (non-hydrogen) atoms. The first-order chi connectivity index (χ1) is 7.66. The highest BCUT2D eigenvalue weighted by atomic mass is 35.5. The van der Waals surface area contributed by atoms with Gasteiger partial charge in [-0.15, -0.1) is 12.4 Å². The van der Waals surface area contributed by atoms with E-state index >= 15 is 0 Å². The third kappa shape index (κ3) is 2.04. The molecule has 0 saturated carbocycles. The minimum atomic E-state index is 0. The lowest BCUT2D eigenvalue weighted by atomic mass is 10.2. The van der Waals surface area contributed by atoms with Crippen molar-refractivity contribution >= 4 is 46.5 Å². The van der Waals surface area contributed by atoms with Gasteiger partial charge in [0.05, 0.1) is 10.5 Å². The van der Waals surface area contributed by atoms with E-state index in [0.29, 0.717) is 11.1 Å². The van der Waals surface area contributed by atoms with E-state index in [1.807, 2.05) is 6.07 Å². The van der Waals surface area contributed by atoms with Crippen molar-refractivity contribution in [2.75, 3.05) is 6.54 Å². The Balaban J connectivity index is 0.00000108. The van der Waals surface area contributed by atoms with Crippen LogP contribution >= 0.6 is 35.6 Å². The zero-order valence-corrected chi connectivity index (χ0v) is 11.7. The van der Waals surface area contributed by atoms with E-state index < -0.39 is 0 Å². The largest absolute Gasteiger partial charge is 0.339 e. The van der Waals surface area contributed by atoms with Gasteiger partial charge in [0.15, 0.2) is 0 Å². The van der Waals surface area contributed by atoms with Crippen molar-refractivity contribution in [2.45, 2.75) is 19.5 Å². The summed E-state index contributed by atoms with van der Waals surface area (Å²) in [6.07, 6.45) is 0. The van der Waals surface area contributed by atoms with Gasteiger partial charge in [-0.05, 0) is 25.1 Å². The van der Waals surface area contributed by atoms with E-state index in [1.165, 1.54) is 5.69 Å². The van der Waals surface area contributed by atoms with Crippen LogP contribution in [0.3, 0.4) is 0 Å². The van der Waals surface area contributed by atoms with Gasteiger partial charge in [0, 0.05) is 35.2 Å². The second kappa shape index (κ2) is 4.69. The second-order valence-electron chi connectivity index (χ2n) is 4.31. The lowest BCUT2D eigenvalue weighted by molar-refractivity contribution is 0.439. The molecule has 0 fully saturated rings. The van der Waals surface area contributed by atoms with Gasteiger partial charge < -0.3 is 9.88 Å². The summed E-state index contributed by atoms with van der Waals surface area (Å²) >= 11 is 12.3. The maximum absolute atomic E-state index is 6.21. The lowest BCUT2D eigenvalue weighted by Crippen LogP contribution is -2.30. The number of hydrogen-bond donors (Lipinski definition) is 1. The summed E-state index contributed by atoms with van der Waals surface area (Å²) in [5.74, 6) is 0. The van der Waals surface area contributed by atoms with Crippen molar-refractivity contribution in [1.82, 2.24) is 9.88 Å². The van der Waals surface area contributed by atoms with Gasteiger partial charge in [0.2, 0.25) is 0 Å². The Hall–Kier alpha value is -0.410. The smallest absolute Gasteiger partial charge is 0.0515 e. The number of nitrogens with one attached hydrogen (secondary N) is 1. The Morgan fingerprint density at radius 3 is 2.82 bits per heavy atom. The van der Waals surface area contributed by atoms with Gasteiger partial charge in [0.1, 0.15) is 0 Å². The normalized spacial score (nSPS) is 18.9. The molecule has 2 nitrogen and oxygen atoms in total. The van der Waals surface area contributed by atoms with Crippen molar-refractivity contribution in [3.63, 3.8) is 0 Å². The SMILES string of the molecule is CC1CNCc2cc3c(Cl)cc(Cl)cc3n21.Cl. The Bertz CT molecular complexity index is 562. The number of aromatic nitrogens is 1. The Morgan fingerprint density at radius 1 is 1.29 bits per heavy atom. The van der Waals surface area contributed by atoms with E-state index in [-0.39, 0.29) is 12.4 Å². The molecule has 1 atom stereocenters. The van der Waals surface area contributed by atoms with E-state index in [1.54, 1.807) is 6.07 Å². The molecule has 3 rings (SSSR count). The highest BCUT2D eigenvalue weighted by molar-refractivity contribution is 6.38. The molecule has 1 aromatic heterocycles. The highest BCUT2D eigenvalue weighted by Crippen LogP contribution is 2.33. The zero-order chi connectivity index (χ0) is 11.3. The predicted octanol–water partition coefficient (Wildman–Crippen LogP) is 4.03. The Morgan fingerprint density at radius 2 is 2.06 bits per heavy atom. The molecule has 0 aliphatic carbocycles. The van der Waals surface area contributed by atoms with Crippen molar-refractivity contribution in [2.24, 2.45) is 0 Å². The van der Waals surface area contributed by atoms with Crippen LogP contribution in [0.2, 0.25) is 10.0 Å². The van der Waals surface area contributed by atoms with Gasteiger partial charge in [0.25, 0.3) is 0 Å². The molecule has 5 heteroatoms. The standard InChI is InChI=1S/C12H12Cl2N2.ClH/c1-7-5-15-6-9-4-10-11(14)2-8(13)3-12(10)16(7)9;/h2-4,7,15H,5-6H2,1H3;1H. The van der Waals surface area contributed by atoms with Crippen LogP contribution in [0.4, 0.5) is 0 Å². The van der Waals surface area contributed by atoms with Crippen LogP contribution in [0.25, 0.3) is 10.9 Å². The van der Waals surface area contributed by atoms with Crippen molar-refractivity contribution in [3.05, 3.63) is 33.9 Å². The van der Waals surface area contributed by atoms with Gasteiger partial charge >= 0.3 is 0 Å². The first kappa shape index (κ1) is 13.0. The number of rotatable bonds is 0. The molecule has 92 valence electrons. The van der Waals surface area contributed by atoms with Crippen molar-refractivity contribution < 1.29 is 0 Å². The van der Waals surface area contributed by atoms with Crippen LogP contribution in [0.1, 0.15) is 18.7 Å². The fraction of sp³-hybridized carbons (Fsp3) is 0.333. The van der Waals surface area contributed by atoms with Crippen LogP contribution in [0, 0.1) is 0 Å². The minimum absolute atomic E-state index is 0. The zero-order valence-electron chi connectivity index (χ0n) is 9.34. The summed E-state index contributed by atoms with van der Waals surface area (Å²) in [5, 5.41) is 5.91. The summed E-state index contributed by atoms with van der Waals surface area (Å²) in [4.78, 5) is 0. The van der Waals surface area contributed by atoms with Gasteiger partial charge in [-0.25, -0.2) is 0 Å². The molecule has 1 aliphatic rings. The molecule has 2 aromatic rings. The summed E-state index contributed by atoms with van der Waals surface area (Å²) < 4.78 is 2.32. The lowest BCUT2D eigenvalue weighted by Gasteiger charge is -2.24. The van der Waals surface area contributed by atoms with E-state index in [4.69, 9.17) is 23.2 Å². The number of halogens is 3. The van der Waals surface area contributed by atoms with Crippen molar-refractivity contribution in [3.8, 4) is 0 Å². The average Bonchev–Trinajstić information content (AvgIpc) is 2.58. The first-order valence-electron chi connectivity index (χ1n) is 5.36. The number of nitrogens with zero attached hydrogens (tertiary/aromatic N) is 1. The summed E-state index contributed by atoms with van der Waals surface area (Å²) in [6.45, 7) is 4.08. The summed E-state index contributed by atoms with van der Waals surface area (Å²) in [6, 6.07) is 6.39. The number of fused-ring (bicyclic) bond motifs is 3. The Labute approximate surface area is 116 Å². The van der Waals surface area contributed by atoms with Crippen LogP contribution in [-0.2, 0) is 6.54 Å². The summed E-state index contributed by atoms with van der Waals surface area (Å²) in [7, 11) is 0. The fourth-order valence-electron chi connectivity index (χ4n) is 2.46. The molecule has 0 bridgehead atoms. The second-order valence-corrected chi connectivity index (χ2v) is 5.15. The molecule has 0 saturated heterocycles. The third-order valence-electron chi connectivity index (χ3n) is 3.14. The van der Waals surface area contributed by atoms with E-state index in [0.717, 1.165) is 29.0 Å². The van der Waals surface area contributed by atoms with Crippen LogP contribution < -0.4 is 5.32 Å².